The van der Waals surface area contributed by atoms with E-state index in [1.807, 2.05) is 0 Å². The number of ketones is 1. The van der Waals surface area contributed by atoms with Gasteiger partial charge < -0.3 is 14.4 Å². The van der Waals surface area contributed by atoms with Gasteiger partial charge in [-0.05, 0) is 60.6 Å². The number of hydrogen-bond donors (Lipinski definition) is 0. The van der Waals surface area contributed by atoms with Gasteiger partial charge in [0.05, 0.1) is 30.2 Å². The Bertz CT molecular complexity index is 1170. The predicted octanol–water partition coefficient (Wildman–Crippen LogP) is 4.35. The molecule has 2 aromatic carbocycles. The molecule has 1 aliphatic carbocycles. The zero-order valence-corrected chi connectivity index (χ0v) is 19.1. The van der Waals surface area contributed by atoms with E-state index in [0.717, 1.165) is 24.8 Å². The number of fused-ring (bicyclic) bond motifs is 1. The molecule has 34 heavy (non-hydrogen) atoms. The Morgan fingerprint density at radius 1 is 1.09 bits per heavy atom. The zero-order valence-electron chi connectivity index (χ0n) is 19.1. The van der Waals surface area contributed by atoms with Crippen LogP contribution in [0.25, 0.3) is 0 Å². The fraction of sp³-hybridized carbons (Fsp3) is 0.370. The average Bonchev–Trinajstić information content (AvgIpc) is 3.12. The lowest BCUT2D eigenvalue weighted by Crippen LogP contribution is -2.41. The van der Waals surface area contributed by atoms with Crippen molar-refractivity contribution >= 4 is 17.7 Å². The molecule has 1 amide bonds. The number of nitrogens with zero attached hydrogens (tertiary/aromatic N) is 1. The number of carbonyl (C=O) groups excluding carboxylic acids is 3. The van der Waals surface area contributed by atoms with Crippen LogP contribution in [0, 0.1) is 17.7 Å². The summed E-state index contributed by atoms with van der Waals surface area (Å²) in [6.45, 7) is 2.33. The number of ether oxygens (including phenoxy) is 2. The number of benzene rings is 2. The maximum atomic E-state index is 13.7. The minimum Gasteiger partial charge on any atom is -0.483 e. The average molecular weight is 464 g/mol. The molecule has 2 heterocycles. The Balaban J connectivity index is 1.56. The first-order chi connectivity index (χ1) is 16.4. The summed E-state index contributed by atoms with van der Waals surface area (Å²) in [7, 11) is 1.31. The number of carbonyl (C=O) groups is 3. The van der Waals surface area contributed by atoms with Crippen molar-refractivity contribution in [3.63, 3.8) is 0 Å². The summed E-state index contributed by atoms with van der Waals surface area (Å²) in [5, 5.41) is 0. The minimum atomic E-state index is -0.648. The number of halogens is 1. The second-order valence-corrected chi connectivity index (χ2v) is 9.36. The molecule has 0 spiro atoms. The molecule has 4 atom stereocenters. The second kappa shape index (κ2) is 8.70. The maximum Gasteiger partial charge on any atom is 0.337 e. The van der Waals surface area contributed by atoms with Crippen molar-refractivity contribution in [2.45, 2.75) is 44.9 Å². The van der Waals surface area contributed by atoms with Crippen molar-refractivity contribution in [3.8, 4) is 0 Å². The monoisotopic (exact) mass is 463 g/mol. The third kappa shape index (κ3) is 3.79. The van der Waals surface area contributed by atoms with Crippen molar-refractivity contribution < 1.29 is 28.2 Å². The molecule has 6 nitrogen and oxygen atoms in total. The fourth-order valence-corrected chi connectivity index (χ4v) is 5.34. The normalized spacial score (nSPS) is 26.1. The van der Waals surface area contributed by atoms with Crippen LogP contribution < -0.4 is 0 Å². The smallest absolute Gasteiger partial charge is 0.337 e. The van der Waals surface area contributed by atoms with Crippen LogP contribution >= 0.6 is 0 Å². The molecule has 0 N–H and O–H groups in total. The number of Topliss-reactive ketones (excluding diaryl/α,β-unsaturated/α-hetero) is 1. The molecular formula is C27H26FNO5. The van der Waals surface area contributed by atoms with E-state index < -0.39 is 12.0 Å². The van der Waals surface area contributed by atoms with E-state index >= 15 is 0 Å². The fourth-order valence-electron chi connectivity index (χ4n) is 5.34. The summed E-state index contributed by atoms with van der Waals surface area (Å²) in [6.07, 6.45) is 2.17. The molecule has 7 heteroatoms. The van der Waals surface area contributed by atoms with Gasteiger partial charge in [0, 0.05) is 6.54 Å². The highest BCUT2D eigenvalue weighted by Gasteiger charge is 2.52. The van der Waals surface area contributed by atoms with Gasteiger partial charge >= 0.3 is 5.97 Å². The third-order valence-electron chi connectivity index (χ3n) is 7.12. The number of methoxy groups -OCH3 is 1. The van der Waals surface area contributed by atoms with Crippen LogP contribution in [-0.4, -0.2) is 35.8 Å². The van der Waals surface area contributed by atoms with E-state index in [2.05, 4.69) is 6.92 Å². The van der Waals surface area contributed by atoms with E-state index in [0.29, 0.717) is 22.6 Å². The summed E-state index contributed by atoms with van der Waals surface area (Å²) >= 11 is 0. The van der Waals surface area contributed by atoms with Crippen LogP contribution in [0.1, 0.15) is 53.7 Å². The Kier molecular flexibility index (Phi) is 5.71. The molecule has 176 valence electrons. The highest BCUT2D eigenvalue weighted by molar-refractivity contribution is 6.11. The SMILES string of the molecule is COC(=O)c1ccc(C2C3=C(OC4CCC(C)CC4C3=O)C(=O)N2Cc2ccc(F)cc2)cc1. The molecule has 0 aromatic heterocycles. The molecule has 0 saturated heterocycles. The van der Waals surface area contributed by atoms with Gasteiger partial charge in [-0.3, -0.25) is 9.59 Å². The summed E-state index contributed by atoms with van der Waals surface area (Å²) < 4.78 is 24.4. The molecule has 2 aliphatic heterocycles. The molecule has 2 aromatic rings. The Hall–Kier alpha value is -3.48. The highest BCUT2D eigenvalue weighted by Crippen LogP contribution is 2.48. The van der Waals surface area contributed by atoms with Crippen LogP contribution in [0.15, 0.2) is 59.9 Å². The molecular weight excluding hydrogens is 437 g/mol. The Morgan fingerprint density at radius 2 is 1.79 bits per heavy atom. The van der Waals surface area contributed by atoms with Crippen molar-refractivity contribution in [2.24, 2.45) is 11.8 Å². The highest BCUT2D eigenvalue weighted by atomic mass is 19.1. The van der Waals surface area contributed by atoms with Crippen molar-refractivity contribution in [1.29, 1.82) is 0 Å². The van der Waals surface area contributed by atoms with E-state index in [9.17, 15) is 18.8 Å². The third-order valence-corrected chi connectivity index (χ3v) is 7.12. The van der Waals surface area contributed by atoms with E-state index in [-0.39, 0.29) is 41.8 Å². The topological polar surface area (TPSA) is 72.9 Å². The lowest BCUT2D eigenvalue weighted by molar-refractivity contribution is -0.136. The molecule has 1 saturated carbocycles. The summed E-state index contributed by atoms with van der Waals surface area (Å²) in [6, 6.07) is 12.0. The van der Waals surface area contributed by atoms with Gasteiger partial charge in [-0.25, -0.2) is 9.18 Å². The number of amides is 1. The molecule has 3 aliphatic rings. The molecule has 5 rings (SSSR count). The maximum absolute atomic E-state index is 13.7. The number of hydrogen-bond acceptors (Lipinski definition) is 5. The second-order valence-electron chi connectivity index (χ2n) is 9.36. The van der Waals surface area contributed by atoms with Gasteiger partial charge in [0.2, 0.25) is 0 Å². The zero-order chi connectivity index (χ0) is 24.0. The summed E-state index contributed by atoms with van der Waals surface area (Å²) in [5.41, 5.74) is 2.20. The van der Waals surface area contributed by atoms with Gasteiger partial charge in [-0.1, -0.05) is 31.2 Å². The largest absolute Gasteiger partial charge is 0.483 e. The van der Waals surface area contributed by atoms with Crippen LogP contribution in [0.2, 0.25) is 0 Å². The molecule has 0 bridgehead atoms. The van der Waals surface area contributed by atoms with Gasteiger partial charge in [-0.15, -0.1) is 0 Å². The summed E-state index contributed by atoms with van der Waals surface area (Å²) in [5.74, 6) is -0.917. The molecule has 1 fully saturated rings. The standard InChI is InChI=1S/C27H26FNO5/c1-15-3-12-21-20(13-15)24(30)22-23(17-6-8-18(9-7-17)27(32)33-2)29(26(31)25(22)34-21)14-16-4-10-19(28)11-5-16/h4-11,15,20-21,23H,3,12-14H2,1-2H3. The first-order valence-corrected chi connectivity index (χ1v) is 11.6. The quantitative estimate of drug-likeness (QED) is 0.631. The predicted molar refractivity (Wildman–Crippen MR) is 121 cm³/mol. The van der Waals surface area contributed by atoms with Crippen molar-refractivity contribution in [1.82, 2.24) is 4.90 Å². The summed E-state index contributed by atoms with van der Waals surface area (Å²) in [4.78, 5) is 40.8. The number of esters is 1. The van der Waals surface area contributed by atoms with Gasteiger partial charge in [0.15, 0.2) is 11.5 Å². The van der Waals surface area contributed by atoms with Crippen LogP contribution in [0.3, 0.4) is 0 Å². The van der Waals surface area contributed by atoms with Gasteiger partial charge in [0.1, 0.15) is 11.9 Å². The van der Waals surface area contributed by atoms with Crippen molar-refractivity contribution in [3.05, 3.63) is 82.4 Å². The first kappa shape index (κ1) is 22.3. The van der Waals surface area contributed by atoms with E-state index in [1.165, 1.54) is 19.2 Å². The Morgan fingerprint density at radius 3 is 2.47 bits per heavy atom. The van der Waals surface area contributed by atoms with Crippen LogP contribution in [0.4, 0.5) is 4.39 Å². The number of rotatable bonds is 4. The Labute approximate surface area is 197 Å². The lowest BCUT2D eigenvalue weighted by atomic mass is 9.74. The lowest BCUT2D eigenvalue weighted by Gasteiger charge is -2.37. The molecule has 4 unspecified atom stereocenters. The minimum absolute atomic E-state index is 0.0326. The first-order valence-electron chi connectivity index (χ1n) is 11.6. The van der Waals surface area contributed by atoms with Gasteiger partial charge in [0.25, 0.3) is 5.91 Å². The van der Waals surface area contributed by atoms with Crippen molar-refractivity contribution in [2.75, 3.05) is 7.11 Å². The van der Waals surface area contributed by atoms with Gasteiger partial charge in [-0.2, -0.15) is 0 Å². The molecule has 0 radical (unpaired) electrons. The van der Waals surface area contributed by atoms with Crippen LogP contribution in [-0.2, 0) is 25.6 Å². The van der Waals surface area contributed by atoms with E-state index in [4.69, 9.17) is 9.47 Å². The van der Waals surface area contributed by atoms with E-state index in [1.54, 1.807) is 41.3 Å². The van der Waals surface area contributed by atoms with Crippen LogP contribution in [0.5, 0.6) is 0 Å².